The lowest BCUT2D eigenvalue weighted by Gasteiger charge is -2.12. The van der Waals surface area contributed by atoms with Crippen LogP contribution in [0.4, 0.5) is 5.69 Å². The first kappa shape index (κ1) is 17.5. The summed E-state index contributed by atoms with van der Waals surface area (Å²) < 4.78 is 10.7. The van der Waals surface area contributed by atoms with Gasteiger partial charge in [-0.05, 0) is 37.1 Å². The van der Waals surface area contributed by atoms with Crippen LogP contribution in [0, 0.1) is 10.1 Å². The number of benzene rings is 2. The van der Waals surface area contributed by atoms with Crippen LogP contribution in [-0.2, 0) is 4.74 Å². The molecule has 0 fully saturated rings. The lowest BCUT2D eigenvalue weighted by Crippen LogP contribution is -2.04. The van der Waals surface area contributed by atoms with Crippen LogP contribution in [0.25, 0.3) is 11.1 Å². The normalized spacial score (nSPS) is 10.2. The minimum atomic E-state index is -0.461. The fraction of sp³-hybridized carbons (Fsp3) is 0.278. The third kappa shape index (κ3) is 4.10. The fourth-order valence-corrected chi connectivity index (χ4v) is 2.22. The number of carbonyl (C=O) groups excluding carboxylic acids is 1. The molecular formula is C18H19NO5. The number of non-ortho nitro benzene ring substituents is 1. The molecule has 0 radical (unpaired) electrons. The molecule has 0 saturated carbocycles. The van der Waals surface area contributed by atoms with E-state index in [1.54, 1.807) is 31.2 Å². The Morgan fingerprint density at radius 3 is 2.62 bits per heavy atom. The van der Waals surface area contributed by atoms with Crippen molar-refractivity contribution in [3.05, 3.63) is 58.1 Å². The molecule has 0 aliphatic carbocycles. The van der Waals surface area contributed by atoms with E-state index in [2.05, 4.69) is 0 Å². The zero-order chi connectivity index (χ0) is 17.5. The van der Waals surface area contributed by atoms with Gasteiger partial charge in [0.15, 0.2) is 0 Å². The minimum absolute atomic E-state index is 0.0357. The van der Waals surface area contributed by atoms with Gasteiger partial charge < -0.3 is 9.47 Å². The van der Waals surface area contributed by atoms with E-state index < -0.39 is 10.9 Å². The van der Waals surface area contributed by atoms with Crippen molar-refractivity contribution in [3.63, 3.8) is 0 Å². The highest BCUT2D eigenvalue weighted by molar-refractivity contribution is 5.91. The Balaban J connectivity index is 2.45. The Morgan fingerprint density at radius 2 is 1.96 bits per heavy atom. The number of nitro benzene ring substituents is 1. The largest absolute Gasteiger partial charge is 0.493 e. The molecule has 24 heavy (non-hydrogen) atoms. The van der Waals surface area contributed by atoms with Crippen LogP contribution < -0.4 is 4.74 Å². The second kappa shape index (κ2) is 8.10. The van der Waals surface area contributed by atoms with E-state index >= 15 is 0 Å². The van der Waals surface area contributed by atoms with E-state index in [0.717, 1.165) is 12.0 Å². The lowest BCUT2D eigenvalue weighted by atomic mass is 10.0. The Labute approximate surface area is 140 Å². The molecule has 126 valence electrons. The highest BCUT2D eigenvalue weighted by Crippen LogP contribution is 2.34. The fourth-order valence-electron chi connectivity index (χ4n) is 2.22. The molecule has 2 rings (SSSR count). The molecule has 0 aliphatic rings. The van der Waals surface area contributed by atoms with E-state index in [1.807, 2.05) is 13.0 Å². The predicted octanol–water partition coefficient (Wildman–Crippen LogP) is 4.23. The van der Waals surface area contributed by atoms with Crippen molar-refractivity contribution in [1.82, 2.24) is 0 Å². The monoisotopic (exact) mass is 329 g/mol. The van der Waals surface area contributed by atoms with Gasteiger partial charge in [-0.3, -0.25) is 10.1 Å². The van der Waals surface area contributed by atoms with Crippen molar-refractivity contribution in [1.29, 1.82) is 0 Å². The van der Waals surface area contributed by atoms with Gasteiger partial charge >= 0.3 is 5.97 Å². The summed E-state index contributed by atoms with van der Waals surface area (Å²) in [5.41, 5.74) is 1.82. The molecule has 0 spiro atoms. The van der Waals surface area contributed by atoms with Gasteiger partial charge in [-0.2, -0.15) is 0 Å². The number of carbonyl (C=O) groups is 1. The van der Waals surface area contributed by atoms with Gasteiger partial charge in [0.25, 0.3) is 5.69 Å². The number of hydrogen-bond acceptors (Lipinski definition) is 5. The van der Waals surface area contributed by atoms with Crippen molar-refractivity contribution >= 4 is 11.7 Å². The maximum Gasteiger partial charge on any atom is 0.338 e. The van der Waals surface area contributed by atoms with Gasteiger partial charge in [0.1, 0.15) is 5.75 Å². The zero-order valence-corrected chi connectivity index (χ0v) is 13.7. The molecule has 0 heterocycles. The second-order valence-corrected chi connectivity index (χ2v) is 5.09. The van der Waals surface area contributed by atoms with E-state index in [1.165, 1.54) is 12.1 Å². The highest BCUT2D eigenvalue weighted by atomic mass is 16.6. The third-order valence-corrected chi connectivity index (χ3v) is 3.32. The summed E-state index contributed by atoms with van der Waals surface area (Å²) in [6.07, 6.45) is 0.783. The van der Waals surface area contributed by atoms with Crippen LogP contribution in [0.2, 0.25) is 0 Å². The maximum atomic E-state index is 11.9. The Bertz CT molecular complexity index is 742. The Morgan fingerprint density at radius 1 is 1.17 bits per heavy atom. The number of nitro groups is 1. The summed E-state index contributed by atoms with van der Waals surface area (Å²) in [7, 11) is 0. The Hall–Kier alpha value is -2.89. The first-order valence-corrected chi connectivity index (χ1v) is 7.75. The van der Waals surface area contributed by atoms with Gasteiger partial charge in [-0.25, -0.2) is 4.79 Å². The van der Waals surface area contributed by atoms with Crippen LogP contribution in [0.3, 0.4) is 0 Å². The van der Waals surface area contributed by atoms with Crippen molar-refractivity contribution in [3.8, 4) is 16.9 Å². The van der Waals surface area contributed by atoms with Gasteiger partial charge in [0.05, 0.1) is 29.8 Å². The molecule has 0 amide bonds. The molecule has 6 nitrogen and oxygen atoms in total. The predicted molar refractivity (Wildman–Crippen MR) is 90.3 cm³/mol. The maximum absolute atomic E-state index is 11.9. The number of ether oxygens (including phenoxy) is 2. The highest BCUT2D eigenvalue weighted by Gasteiger charge is 2.15. The molecule has 0 aromatic heterocycles. The molecular weight excluding hydrogens is 310 g/mol. The zero-order valence-electron chi connectivity index (χ0n) is 13.7. The SMILES string of the molecule is CCCOc1cc([N+](=O)[O-])ccc1-c1cccc(C(=O)OCC)c1. The van der Waals surface area contributed by atoms with Crippen molar-refractivity contribution < 1.29 is 19.2 Å². The summed E-state index contributed by atoms with van der Waals surface area (Å²) in [6, 6.07) is 11.4. The van der Waals surface area contributed by atoms with Crippen LogP contribution in [0.15, 0.2) is 42.5 Å². The smallest absolute Gasteiger partial charge is 0.338 e. The van der Waals surface area contributed by atoms with Gasteiger partial charge in [-0.15, -0.1) is 0 Å². The number of nitrogens with zero attached hydrogens (tertiary/aromatic N) is 1. The molecule has 0 unspecified atom stereocenters. The summed E-state index contributed by atoms with van der Waals surface area (Å²) in [5, 5.41) is 11.0. The molecule has 2 aromatic rings. The van der Waals surface area contributed by atoms with Crippen LogP contribution in [-0.4, -0.2) is 24.1 Å². The molecule has 0 N–H and O–H groups in total. The molecule has 0 saturated heterocycles. The first-order chi connectivity index (χ1) is 11.6. The van der Waals surface area contributed by atoms with Crippen LogP contribution in [0.5, 0.6) is 5.75 Å². The second-order valence-electron chi connectivity index (χ2n) is 5.09. The number of esters is 1. The van der Waals surface area contributed by atoms with Crippen LogP contribution >= 0.6 is 0 Å². The van der Waals surface area contributed by atoms with E-state index in [0.29, 0.717) is 30.1 Å². The summed E-state index contributed by atoms with van der Waals surface area (Å²) in [5.74, 6) is 0.0179. The van der Waals surface area contributed by atoms with Gasteiger partial charge in [0.2, 0.25) is 0 Å². The molecule has 2 aromatic carbocycles. The average Bonchev–Trinajstić information content (AvgIpc) is 2.60. The van der Waals surface area contributed by atoms with Crippen molar-refractivity contribution in [2.24, 2.45) is 0 Å². The summed E-state index contributed by atoms with van der Waals surface area (Å²) in [6.45, 7) is 4.45. The molecule has 0 bridgehead atoms. The van der Waals surface area contributed by atoms with E-state index in [9.17, 15) is 14.9 Å². The van der Waals surface area contributed by atoms with Gasteiger partial charge in [0, 0.05) is 11.6 Å². The standard InChI is InChI=1S/C18H19NO5/c1-3-10-24-17-12-15(19(21)22)8-9-16(17)13-6-5-7-14(11-13)18(20)23-4-2/h5-9,11-12H,3-4,10H2,1-2H3. The number of rotatable bonds is 7. The summed E-state index contributed by atoms with van der Waals surface area (Å²) >= 11 is 0. The van der Waals surface area contributed by atoms with E-state index in [-0.39, 0.29) is 5.69 Å². The third-order valence-electron chi connectivity index (χ3n) is 3.32. The quantitative estimate of drug-likeness (QED) is 0.431. The Kier molecular flexibility index (Phi) is 5.89. The van der Waals surface area contributed by atoms with E-state index in [4.69, 9.17) is 9.47 Å². The topological polar surface area (TPSA) is 78.7 Å². The minimum Gasteiger partial charge on any atom is -0.493 e. The molecule has 0 atom stereocenters. The van der Waals surface area contributed by atoms with Crippen LogP contribution in [0.1, 0.15) is 30.6 Å². The van der Waals surface area contributed by atoms with Crippen molar-refractivity contribution in [2.45, 2.75) is 20.3 Å². The summed E-state index contributed by atoms with van der Waals surface area (Å²) in [4.78, 5) is 22.4. The van der Waals surface area contributed by atoms with Crippen molar-refractivity contribution in [2.75, 3.05) is 13.2 Å². The molecule has 0 aliphatic heterocycles. The first-order valence-electron chi connectivity index (χ1n) is 7.75. The van der Waals surface area contributed by atoms with Gasteiger partial charge in [-0.1, -0.05) is 19.1 Å². The number of hydrogen-bond donors (Lipinski definition) is 0. The average molecular weight is 329 g/mol. The molecule has 6 heteroatoms. The lowest BCUT2D eigenvalue weighted by molar-refractivity contribution is -0.384.